The molecule has 0 aromatic carbocycles. The van der Waals surface area contributed by atoms with Crippen LogP contribution in [0.1, 0.15) is 20.8 Å². The molecular weight excluding hydrogens is 200 g/mol. The van der Waals surface area contributed by atoms with Crippen molar-refractivity contribution in [1.82, 2.24) is 9.96 Å². The van der Waals surface area contributed by atoms with Crippen LogP contribution in [0.2, 0.25) is 0 Å². The zero-order chi connectivity index (χ0) is 11.5. The van der Waals surface area contributed by atoms with E-state index in [2.05, 4.69) is 0 Å². The second-order valence-electron chi connectivity index (χ2n) is 4.43. The lowest BCUT2D eigenvalue weighted by Gasteiger charge is -2.26. The fraction of sp³-hybridized carbons (Fsp3) is 0.889. The molecular formula is C9H18N2O4. The Morgan fingerprint density at radius 1 is 1.47 bits per heavy atom. The van der Waals surface area contributed by atoms with Crippen molar-refractivity contribution >= 4 is 6.09 Å². The van der Waals surface area contributed by atoms with E-state index in [1.54, 1.807) is 20.8 Å². The molecule has 0 radical (unpaired) electrons. The molecule has 0 bridgehead atoms. The molecule has 0 atom stereocenters. The number of nitrogens with zero attached hydrogens (tertiary/aromatic N) is 2. The van der Waals surface area contributed by atoms with E-state index in [1.165, 1.54) is 4.90 Å². The molecule has 0 aromatic rings. The Bertz CT molecular complexity index is 227. The highest BCUT2D eigenvalue weighted by Gasteiger charge is 2.24. The summed E-state index contributed by atoms with van der Waals surface area (Å²) in [4.78, 5) is 12.9. The Hall–Kier alpha value is -0.850. The van der Waals surface area contributed by atoms with E-state index in [-0.39, 0.29) is 13.4 Å². The van der Waals surface area contributed by atoms with Gasteiger partial charge in [-0.05, 0) is 20.8 Å². The van der Waals surface area contributed by atoms with Gasteiger partial charge in [0.2, 0.25) is 0 Å². The highest BCUT2D eigenvalue weighted by molar-refractivity contribution is 5.67. The van der Waals surface area contributed by atoms with E-state index in [0.29, 0.717) is 13.2 Å². The van der Waals surface area contributed by atoms with Gasteiger partial charge in [0.15, 0.2) is 0 Å². The molecule has 1 heterocycles. The number of carbonyl (C=O) groups excluding carboxylic acids is 1. The fourth-order valence-electron chi connectivity index (χ4n) is 1.09. The Balaban J connectivity index is 2.50. The number of hydrogen-bond acceptors (Lipinski definition) is 5. The molecule has 15 heavy (non-hydrogen) atoms. The van der Waals surface area contributed by atoms with Gasteiger partial charge in [-0.15, -0.1) is 0 Å². The lowest BCUT2D eigenvalue weighted by molar-refractivity contribution is -0.114. The van der Waals surface area contributed by atoms with Gasteiger partial charge in [0.05, 0.1) is 6.61 Å². The molecule has 1 amide bonds. The van der Waals surface area contributed by atoms with Crippen molar-refractivity contribution in [3.8, 4) is 0 Å². The Morgan fingerprint density at radius 2 is 2.13 bits per heavy atom. The monoisotopic (exact) mass is 218 g/mol. The van der Waals surface area contributed by atoms with Crippen molar-refractivity contribution in [2.24, 2.45) is 0 Å². The summed E-state index contributed by atoms with van der Waals surface area (Å²) in [5.41, 5.74) is -0.538. The van der Waals surface area contributed by atoms with Crippen LogP contribution in [0.5, 0.6) is 0 Å². The maximum Gasteiger partial charge on any atom is 0.413 e. The SMILES string of the molecule is CC(C)(C)OC(=O)N1COCCN(O)C1. The first-order valence-corrected chi connectivity index (χ1v) is 4.88. The summed E-state index contributed by atoms with van der Waals surface area (Å²) in [7, 11) is 0. The maximum absolute atomic E-state index is 11.6. The molecule has 1 fully saturated rings. The van der Waals surface area contributed by atoms with Gasteiger partial charge in [-0.2, -0.15) is 5.06 Å². The minimum atomic E-state index is -0.538. The van der Waals surface area contributed by atoms with Crippen molar-refractivity contribution in [2.45, 2.75) is 26.4 Å². The zero-order valence-electron chi connectivity index (χ0n) is 9.39. The number of hydrogen-bond donors (Lipinski definition) is 1. The highest BCUT2D eigenvalue weighted by atomic mass is 16.6. The molecule has 1 rings (SSSR count). The van der Waals surface area contributed by atoms with Gasteiger partial charge < -0.3 is 14.7 Å². The first kappa shape index (κ1) is 12.2. The van der Waals surface area contributed by atoms with Crippen LogP contribution in [0, 0.1) is 0 Å². The molecule has 0 unspecified atom stereocenters. The standard InChI is InChI=1S/C9H18N2O4/c1-9(2,3)15-8(12)10-6-11(13)4-5-14-7-10/h13H,4-7H2,1-3H3. The number of ether oxygens (including phenoxy) is 2. The minimum Gasteiger partial charge on any atom is -0.444 e. The van der Waals surface area contributed by atoms with Crippen molar-refractivity contribution in [3.63, 3.8) is 0 Å². The maximum atomic E-state index is 11.6. The summed E-state index contributed by atoms with van der Waals surface area (Å²) in [5, 5.41) is 10.3. The average molecular weight is 218 g/mol. The molecule has 1 aliphatic rings. The van der Waals surface area contributed by atoms with Gasteiger partial charge in [0.25, 0.3) is 0 Å². The average Bonchev–Trinajstić information content (AvgIpc) is 2.26. The smallest absolute Gasteiger partial charge is 0.413 e. The van der Waals surface area contributed by atoms with E-state index >= 15 is 0 Å². The van der Waals surface area contributed by atoms with Crippen LogP contribution in [0.25, 0.3) is 0 Å². The first-order valence-electron chi connectivity index (χ1n) is 4.88. The van der Waals surface area contributed by atoms with E-state index in [4.69, 9.17) is 9.47 Å². The molecule has 0 spiro atoms. The summed E-state index contributed by atoms with van der Waals surface area (Å²) in [6.45, 7) is 6.41. The second kappa shape index (κ2) is 4.78. The van der Waals surface area contributed by atoms with Crippen LogP contribution >= 0.6 is 0 Å². The summed E-state index contributed by atoms with van der Waals surface area (Å²) in [6, 6.07) is 0. The van der Waals surface area contributed by atoms with E-state index in [9.17, 15) is 10.0 Å². The van der Waals surface area contributed by atoms with Crippen molar-refractivity contribution < 1.29 is 19.5 Å². The molecule has 88 valence electrons. The second-order valence-corrected chi connectivity index (χ2v) is 4.43. The lowest BCUT2D eigenvalue weighted by atomic mass is 10.2. The summed E-state index contributed by atoms with van der Waals surface area (Å²) < 4.78 is 10.3. The van der Waals surface area contributed by atoms with Gasteiger partial charge >= 0.3 is 6.09 Å². The molecule has 0 aromatic heterocycles. The normalized spacial score (nSPS) is 19.9. The van der Waals surface area contributed by atoms with Crippen LogP contribution in [-0.2, 0) is 9.47 Å². The molecule has 1 N–H and O–H groups in total. The highest BCUT2D eigenvalue weighted by Crippen LogP contribution is 2.11. The Labute approximate surface area is 89.3 Å². The van der Waals surface area contributed by atoms with Crippen molar-refractivity contribution in [3.05, 3.63) is 0 Å². The van der Waals surface area contributed by atoms with Crippen molar-refractivity contribution in [1.29, 1.82) is 0 Å². The Morgan fingerprint density at radius 3 is 2.73 bits per heavy atom. The number of rotatable bonds is 0. The third-order valence-electron chi connectivity index (χ3n) is 1.73. The van der Waals surface area contributed by atoms with Gasteiger partial charge in [0.1, 0.15) is 19.0 Å². The van der Waals surface area contributed by atoms with Crippen molar-refractivity contribution in [2.75, 3.05) is 26.6 Å². The topological polar surface area (TPSA) is 62.2 Å². The summed E-state index contributed by atoms with van der Waals surface area (Å²) in [6.07, 6.45) is -0.483. The van der Waals surface area contributed by atoms with Gasteiger partial charge in [-0.1, -0.05) is 0 Å². The predicted octanol–water partition coefficient (Wildman–Crippen LogP) is 0.860. The molecule has 6 heteroatoms. The fourth-order valence-corrected chi connectivity index (χ4v) is 1.09. The van der Waals surface area contributed by atoms with E-state index in [0.717, 1.165) is 5.06 Å². The number of carbonyl (C=O) groups is 1. The first-order chi connectivity index (χ1) is 6.88. The quantitative estimate of drug-likeness (QED) is 0.653. The zero-order valence-corrected chi connectivity index (χ0v) is 9.39. The van der Waals surface area contributed by atoms with Crippen LogP contribution in [0.3, 0.4) is 0 Å². The van der Waals surface area contributed by atoms with Gasteiger partial charge in [-0.25, -0.2) is 4.79 Å². The van der Waals surface area contributed by atoms with Crippen LogP contribution in [0.15, 0.2) is 0 Å². The molecule has 0 aliphatic carbocycles. The van der Waals surface area contributed by atoms with Gasteiger partial charge in [-0.3, -0.25) is 4.90 Å². The van der Waals surface area contributed by atoms with Crippen LogP contribution in [-0.4, -0.2) is 53.4 Å². The molecule has 1 aliphatic heterocycles. The van der Waals surface area contributed by atoms with E-state index in [1.807, 2.05) is 0 Å². The van der Waals surface area contributed by atoms with E-state index < -0.39 is 11.7 Å². The van der Waals surface area contributed by atoms with Crippen LogP contribution in [0.4, 0.5) is 4.79 Å². The largest absolute Gasteiger partial charge is 0.444 e. The molecule has 1 saturated heterocycles. The summed E-state index contributed by atoms with van der Waals surface area (Å²) in [5.74, 6) is 0. The number of hydroxylamine groups is 2. The predicted molar refractivity (Wildman–Crippen MR) is 52.3 cm³/mol. The molecule has 0 saturated carbocycles. The minimum absolute atomic E-state index is 0.106. The Kier molecular flexibility index (Phi) is 3.90. The third kappa shape index (κ3) is 4.46. The van der Waals surface area contributed by atoms with Gasteiger partial charge in [0, 0.05) is 6.54 Å². The third-order valence-corrected chi connectivity index (χ3v) is 1.73. The lowest BCUT2D eigenvalue weighted by Crippen LogP contribution is -2.42. The number of amides is 1. The molecule has 6 nitrogen and oxygen atoms in total. The summed E-state index contributed by atoms with van der Waals surface area (Å²) >= 11 is 0. The van der Waals surface area contributed by atoms with Crippen LogP contribution < -0.4 is 0 Å².